The second kappa shape index (κ2) is 5.25. The van der Waals surface area contributed by atoms with Gasteiger partial charge < -0.3 is 15.2 Å². The van der Waals surface area contributed by atoms with Crippen LogP contribution in [0.15, 0.2) is 6.20 Å². The number of aryl methyl sites for hydroxylation is 1. The molecule has 4 heteroatoms. The average molecular weight is 262 g/mol. The monoisotopic (exact) mass is 262 g/mol. The van der Waals surface area contributed by atoms with E-state index in [0.29, 0.717) is 18.0 Å². The highest BCUT2D eigenvalue weighted by molar-refractivity contribution is 5.13. The van der Waals surface area contributed by atoms with Crippen LogP contribution in [-0.4, -0.2) is 39.6 Å². The van der Waals surface area contributed by atoms with Crippen molar-refractivity contribution < 1.29 is 0 Å². The maximum Gasteiger partial charge on any atom is 0.112 e. The van der Waals surface area contributed by atoms with Crippen LogP contribution in [0.25, 0.3) is 0 Å². The second-order valence-electron chi connectivity index (χ2n) is 6.42. The number of hydrogen-bond donors (Lipinski definition) is 1. The summed E-state index contributed by atoms with van der Waals surface area (Å²) in [5, 5.41) is 0. The summed E-state index contributed by atoms with van der Waals surface area (Å²) in [5.41, 5.74) is 7.50. The lowest BCUT2D eigenvalue weighted by molar-refractivity contribution is 0.168. The van der Waals surface area contributed by atoms with Crippen molar-refractivity contribution in [1.82, 2.24) is 14.5 Å². The summed E-state index contributed by atoms with van der Waals surface area (Å²) in [5.74, 6) is 1.93. The molecule has 0 saturated carbocycles. The molecule has 4 nitrogen and oxygen atoms in total. The second-order valence-corrected chi connectivity index (χ2v) is 6.42. The van der Waals surface area contributed by atoms with E-state index < -0.39 is 0 Å². The van der Waals surface area contributed by atoms with E-state index in [2.05, 4.69) is 29.5 Å². The van der Waals surface area contributed by atoms with Crippen LogP contribution in [0.5, 0.6) is 0 Å². The topological polar surface area (TPSA) is 47.1 Å². The highest BCUT2D eigenvalue weighted by Gasteiger charge is 2.27. The summed E-state index contributed by atoms with van der Waals surface area (Å²) < 4.78 is 2.41. The van der Waals surface area contributed by atoms with Crippen molar-refractivity contribution in [3.63, 3.8) is 0 Å². The van der Waals surface area contributed by atoms with Gasteiger partial charge in [-0.2, -0.15) is 0 Å². The molecule has 1 atom stereocenters. The summed E-state index contributed by atoms with van der Waals surface area (Å²) in [4.78, 5) is 7.29. The lowest BCUT2D eigenvalue weighted by atomic mass is 9.94. The van der Waals surface area contributed by atoms with E-state index in [-0.39, 0.29) is 0 Å². The van der Waals surface area contributed by atoms with Crippen LogP contribution in [0.4, 0.5) is 0 Å². The number of piperidine rings is 1. The number of nitrogens with two attached hydrogens (primary N) is 1. The van der Waals surface area contributed by atoms with Gasteiger partial charge in [-0.1, -0.05) is 0 Å². The molecule has 0 radical (unpaired) electrons. The molecule has 0 spiro atoms. The van der Waals surface area contributed by atoms with Crippen LogP contribution in [0.1, 0.15) is 50.5 Å². The van der Waals surface area contributed by atoms with Gasteiger partial charge in [0.25, 0.3) is 0 Å². The van der Waals surface area contributed by atoms with Crippen LogP contribution < -0.4 is 5.73 Å². The number of imidazole rings is 1. The van der Waals surface area contributed by atoms with Crippen molar-refractivity contribution in [3.05, 3.63) is 17.7 Å². The Morgan fingerprint density at radius 3 is 2.68 bits per heavy atom. The highest BCUT2D eigenvalue weighted by Crippen LogP contribution is 2.30. The normalized spacial score (nSPS) is 25.8. The summed E-state index contributed by atoms with van der Waals surface area (Å²) >= 11 is 0. The van der Waals surface area contributed by atoms with Crippen LogP contribution in [0.3, 0.4) is 0 Å². The first-order valence-electron chi connectivity index (χ1n) is 7.69. The fraction of sp³-hybridized carbons (Fsp3) is 0.800. The van der Waals surface area contributed by atoms with E-state index in [0.717, 1.165) is 19.4 Å². The predicted octanol–water partition coefficient (Wildman–Crippen LogP) is 1.74. The van der Waals surface area contributed by atoms with E-state index in [1.165, 1.54) is 37.4 Å². The van der Waals surface area contributed by atoms with Gasteiger partial charge in [0.2, 0.25) is 0 Å². The molecule has 1 aromatic heterocycles. The molecular formula is C15H26N4. The van der Waals surface area contributed by atoms with E-state index >= 15 is 0 Å². The van der Waals surface area contributed by atoms with Crippen molar-refractivity contribution in [2.75, 3.05) is 13.1 Å². The first kappa shape index (κ1) is 13.1. The number of nitrogens with zero attached hydrogens (tertiary/aromatic N) is 3. The first-order valence-corrected chi connectivity index (χ1v) is 7.69. The SMILES string of the molecule is CC(C)N1CCC(c2ncc3n2CC(N)CC3)CC1. The first-order chi connectivity index (χ1) is 9.15. The third kappa shape index (κ3) is 2.56. The van der Waals surface area contributed by atoms with Gasteiger partial charge in [-0.15, -0.1) is 0 Å². The van der Waals surface area contributed by atoms with Gasteiger partial charge in [0.05, 0.1) is 0 Å². The van der Waals surface area contributed by atoms with Gasteiger partial charge in [-0.05, 0) is 52.6 Å². The van der Waals surface area contributed by atoms with E-state index in [4.69, 9.17) is 10.7 Å². The Hall–Kier alpha value is -0.870. The van der Waals surface area contributed by atoms with Crippen molar-refractivity contribution in [1.29, 1.82) is 0 Å². The maximum absolute atomic E-state index is 6.11. The van der Waals surface area contributed by atoms with Crippen molar-refractivity contribution in [3.8, 4) is 0 Å². The van der Waals surface area contributed by atoms with E-state index in [1.807, 2.05) is 0 Å². The predicted molar refractivity (Wildman–Crippen MR) is 77.2 cm³/mol. The third-order valence-electron chi connectivity index (χ3n) is 4.78. The fourth-order valence-electron chi connectivity index (χ4n) is 3.50. The minimum Gasteiger partial charge on any atom is -0.330 e. The molecule has 0 bridgehead atoms. The Balaban J connectivity index is 1.72. The van der Waals surface area contributed by atoms with Crippen molar-refractivity contribution >= 4 is 0 Å². The van der Waals surface area contributed by atoms with Gasteiger partial charge in [0.15, 0.2) is 0 Å². The molecule has 0 aliphatic carbocycles. The molecule has 2 aliphatic heterocycles. The molecule has 0 amide bonds. The molecule has 1 fully saturated rings. The number of hydrogen-bond acceptors (Lipinski definition) is 3. The molecule has 0 aromatic carbocycles. The fourth-order valence-corrected chi connectivity index (χ4v) is 3.50. The van der Waals surface area contributed by atoms with E-state index in [9.17, 15) is 0 Å². The summed E-state index contributed by atoms with van der Waals surface area (Å²) in [6.07, 6.45) is 6.76. The molecule has 3 heterocycles. The maximum atomic E-state index is 6.11. The quantitative estimate of drug-likeness (QED) is 0.883. The molecule has 2 N–H and O–H groups in total. The molecule has 19 heavy (non-hydrogen) atoms. The van der Waals surface area contributed by atoms with Crippen LogP contribution >= 0.6 is 0 Å². The summed E-state index contributed by atoms with van der Waals surface area (Å²) in [6, 6.07) is 0.986. The van der Waals surface area contributed by atoms with Gasteiger partial charge in [0.1, 0.15) is 5.82 Å². The average Bonchev–Trinajstić information content (AvgIpc) is 2.81. The summed E-state index contributed by atoms with van der Waals surface area (Å²) in [6.45, 7) is 7.95. The standard InChI is InChI=1S/C15H26N4/c1-11(2)18-7-5-12(6-8-18)15-17-9-14-4-3-13(16)10-19(14)15/h9,11-13H,3-8,10,16H2,1-2H3. The van der Waals surface area contributed by atoms with Crippen molar-refractivity contribution in [2.24, 2.45) is 5.73 Å². The molecule has 1 aromatic rings. The third-order valence-corrected chi connectivity index (χ3v) is 4.78. The number of fused-ring (bicyclic) bond motifs is 1. The van der Waals surface area contributed by atoms with Gasteiger partial charge in [0, 0.05) is 36.4 Å². The zero-order valence-electron chi connectivity index (χ0n) is 12.2. The molecule has 1 saturated heterocycles. The Morgan fingerprint density at radius 1 is 1.26 bits per heavy atom. The molecule has 3 rings (SSSR count). The highest BCUT2D eigenvalue weighted by atomic mass is 15.2. The van der Waals surface area contributed by atoms with Crippen LogP contribution in [0, 0.1) is 0 Å². The van der Waals surface area contributed by atoms with E-state index in [1.54, 1.807) is 0 Å². The zero-order chi connectivity index (χ0) is 13.4. The number of aromatic nitrogens is 2. The Kier molecular flexibility index (Phi) is 3.63. The van der Waals surface area contributed by atoms with Gasteiger partial charge >= 0.3 is 0 Å². The molecule has 106 valence electrons. The molecular weight excluding hydrogens is 236 g/mol. The molecule has 2 aliphatic rings. The minimum atomic E-state index is 0.316. The lowest BCUT2D eigenvalue weighted by Gasteiger charge is -2.35. The Morgan fingerprint density at radius 2 is 2.00 bits per heavy atom. The minimum absolute atomic E-state index is 0.316. The lowest BCUT2D eigenvalue weighted by Crippen LogP contribution is -2.39. The Bertz CT molecular complexity index is 429. The van der Waals surface area contributed by atoms with Crippen LogP contribution in [0.2, 0.25) is 0 Å². The van der Waals surface area contributed by atoms with Gasteiger partial charge in [-0.25, -0.2) is 4.98 Å². The largest absolute Gasteiger partial charge is 0.330 e. The Labute approximate surface area is 116 Å². The zero-order valence-corrected chi connectivity index (χ0v) is 12.2. The smallest absolute Gasteiger partial charge is 0.112 e. The molecule has 1 unspecified atom stereocenters. The van der Waals surface area contributed by atoms with Crippen molar-refractivity contribution in [2.45, 2.75) is 64.1 Å². The van der Waals surface area contributed by atoms with Gasteiger partial charge in [-0.3, -0.25) is 0 Å². The number of likely N-dealkylation sites (tertiary alicyclic amines) is 1. The van der Waals surface area contributed by atoms with Crippen LogP contribution in [-0.2, 0) is 13.0 Å². The summed E-state index contributed by atoms with van der Waals surface area (Å²) in [7, 11) is 0. The number of rotatable bonds is 2.